The SMILES string of the molecule is C[N+](C)(Cc1ccc(NC(=O)C2=Cc3c(F)cccc3OC2)cc1)C1CCSC1. The molecule has 29 heavy (non-hydrogen) atoms. The molecule has 4 rings (SSSR count). The van der Waals surface area contributed by atoms with Crippen LogP contribution >= 0.6 is 11.8 Å². The first-order chi connectivity index (χ1) is 13.9. The predicted octanol–water partition coefficient (Wildman–Crippen LogP) is 4.32. The molecule has 0 spiro atoms. The number of thioether (sulfide) groups is 1. The van der Waals surface area contributed by atoms with Gasteiger partial charge in [0.2, 0.25) is 0 Å². The summed E-state index contributed by atoms with van der Waals surface area (Å²) in [6.07, 6.45) is 2.84. The molecule has 0 aliphatic carbocycles. The summed E-state index contributed by atoms with van der Waals surface area (Å²) in [7, 11) is 4.58. The summed E-state index contributed by atoms with van der Waals surface area (Å²) < 4.78 is 20.5. The molecule has 0 saturated carbocycles. The van der Waals surface area contributed by atoms with Crippen LogP contribution < -0.4 is 10.1 Å². The number of nitrogens with zero attached hydrogens (tertiary/aromatic N) is 1. The standard InChI is InChI=1S/C23H25FN2O2S/c1-26(2,19-10-11-29-15-19)13-16-6-8-18(9-7-16)25-23(27)17-12-20-21(24)4-3-5-22(20)28-14-17/h3-9,12,19H,10-11,13-15H2,1-2H3/p+1. The number of carbonyl (C=O) groups excluding carboxylic acids is 1. The Kier molecular flexibility index (Phi) is 5.65. The van der Waals surface area contributed by atoms with Gasteiger partial charge >= 0.3 is 0 Å². The molecule has 6 heteroatoms. The van der Waals surface area contributed by atoms with Crippen LogP contribution in [0.2, 0.25) is 0 Å². The molecular weight excluding hydrogens is 387 g/mol. The number of halogens is 1. The fourth-order valence-corrected chi connectivity index (χ4v) is 5.31. The van der Waals surface area contributed by atoms with Gasteiger partial charge in [-0.15, -0.1) is 0 Å². The van der Waals surface area contributed by atoms with Crippen LogP contribution in [0.5, 0.6) is 5.75 Å². The number of hydrogen-bond acceptors (Lipinski definition) is 3. The van der Waals surface area contributed by atoms with E-state index in [2.05, 4.69) is 31.5 Å². The first kappa shape index (κ1) is 20.0. The van der Waals surface area contributed by atoms with Gasteiger partial charge in [-0.1, -0.05) is 18.2 Å². The van der Waals surface area contributed by atoms with E-state index in [9.17, 15) is 9.18 Å². The van der Waals surface area contributed by atoms with Gasteiger partial charge < -0.3 is 14.5 Å². The highest BCUT2D eigenvalue weighted by Crippen LogP contribution is 2.29. The number of ether oxygens (including phenoxy) is 1. The van der Waals surface area contributed by atoms with E-state index in [0.717, 1.165) is 16.7 Å². The van der Waals surface area contributed by atoms with E-state index in [-0.39, 0.29) is 12.5 Å². The monoisotopic (exact) mass is 413 g/mol. The van der Waals surface area contributed by atoms with Crippen LogP contribution in [-0.2, 0) is 11.3 Å². The maximum absolute atomic E-state index is 14.0. The molecule has 1 fully saturated rings. The molecule has 1 saturated heterocycles. The third-order valence-corrected chi connectivity index (χ3v) is 6.85. The summed E-state index contributed by atoms with van der Waals surface area (Å²) in [5.41, 5.74) is 2.70. The van der Waals surface area contributed by atoms with Crippen molar-refractivity contribution < 1.29 is 18.4 Å². The first-order valence-corrected chi connectivity index (χ1v) is 11.0. The van der Waals surface area contributed by atoms with Gasteiger partial charge in [-0.05, 0) is 36.1 Å². The van der Waals surface area contributed by atoms with Gasteiger partial charge in [0.05, 0.1) is 31.3 Å². The third kappa shape index (κ3) is 4.49. The van der Waals surface area contributed by atoms with E-state index in [1.54, 1.807) is 18.2 Å². The number of benzene rings is 2. The summed E-state index contributed by atoms with van der Waals surface area (Å²) in [5, 5.41) is 2.89. The van der Waals surface area contributed by atoms with Crippen molar-refractivity contribution in [2.45, 2.75) is 19.0 Å². The molecule has 2 heterocycles. The van der Waals surface area contributed by atoms with Crippen LogP contribution in [0.25, 0.3) is 6.08 Å². The highest BCUT2D eigenvalue weighted by atomic mass is 32.2. The minimum Gasteiger partial charge on any atom is -0.488 e. The zero-order valence-corrected chi connectivity index (χ0v) is 17.6. The Balaban J connectivity index is 1.41. The average Bonchev–Trinajstić information content (AvgIpc) is 3.25. The third-order valence-electron chi connectivity index (χ3n) is 5.70. The van der Waals surface area contributed by atoms with Crippen LogP contribution in [0.3, 0.4) is 0 Å². The Morgan fingerprint density at radius 3 is 2.76 bits per heavy atom. The zero-order valence-electron chi connectivity index (χ0n) is 16.8. The normalized spacial score (nSPS) is 18.6. The highest BCUT2D eigenvalue weighted by Gasteiger charge is 2.31. The number of anilines is 1. The quantitative estimate of drug-likeness (QED) is 0.742. The van der Waals surface area contributed by atoms with Crippen molar-refractivity contribution in [1.29, 1.82) is 0 Å². The van der Waals surface area contributed by atoms with Crippen molar-refractivity contribution in [3.05, 3.63) is 65.0 Å². The minimum absolute atomic E-state index is 0.130. The molecule has 2 aliphatic rings. The minimum atomic E-state index is -0.391. The average molecular weight is 414 g/mol. The number of fused-ring (bicyclic) bond motifs is 1. The van der Waals surface area contributed by atoms with Gasteiger partial charge in [-0.3, -0.25) is 4.79 Å². The molecule has 2 aliphatic heterocycles. The largest absolute Gasteiger partial charge is 0.488 e. The lowest BCUT2D eigenvalue weighted by molar-refractivity contribution is -0.924. The highest BCUT2D eigenvalue weighted by molar-refractivity contribution is 7.99. The molecule has 1 unspecified atom stereocenters. The lowest BCUT2D eigenvalue weighted by atomic mass is 10.1. The molecule has 4 nitrogen and oxygen atoms in total. The van der Waals surface area contributed by atoms with Crippen LogP contribution in [0.15, 0.2) is 48.0 Å². The van der Waals surface area contributed by atoms with Gasteiger partial charge in [-0.2, -0.15) is 11.8 Å². The summed E-state index contributed by atoms with van der Waals surface area (Å²) in [5.74, 6) is 2.28. The van der Waals surface area contributed by atoms with Gasteiger partial charge in [0.15, 0.2) is 0 Å². The Bertz CT molecular complexity index is 934. The van der Waals surface area contributed by atoms with Crippen LogP contribution in [0, 0.1) is 5.82 Å². The summed E-state index contributed by atoms with van der Waals surface area (Å²) in [6.45, 7) is 1.10. The second-order valence-corrected chi connectivity index (χ2v) is 9.36. The van der Waals surface area contributed by atoms with Crippen LogP contribution in [0.1, 0.15) is 17.5 Å². The number of quaternary nitrogens is 1. The maximum Gasteiger partial charge on any atom is 0.255 e. The maximum atomic E-state index is 14.0. The van der Waals surface area contributed by atoms with E-state index >= 15 is 0 Å². The predicted molar refractivity (Wildman–Crippen MR) is 116 cm³/mol. The van der Waals surface area contributed by atoms with E-state index in [4.69, 9.17) is 4.74 Å². The summed E-state index contributed by atoms with van der Waals surface area (Å²) >= 11 is 2.04. The van der Waals surface area contributed by atoms with Crippen molar-refractivity contribution in [3.8, 4) is 5.75 Å². The Hall–Kier alpha value is -2.31. The second kappa shape index (κ2) is 8.20. The topological polar surface area (TPSA) is 38.3 Å². The number of rotatable bonds is 5. The molecule has 152 valence electrons. The van der Waals surface area contributed by atoms with Gasteiger partial charge in [0.25, 0.3) is 5.91 Å². The lowest BCUT2D eigenvalue weighted by Crippen LogP contribution is -2.48. The summed E-state index contributed by atoms with van der Waals surface area (Å²) in [4.78, 5) is 12.6. The molecule has 2 aromatic carbocycles. The van der Waals surface area contributed by atoms with Crippen LogP contribution in [-0.4, -0.2) is 48.6 Å². The lowest BCUT2D eigenvalue weighted by Gasteiger charge is -2.35. The van der Waals surface area contributed by atoms with Crippen LogP contribution in [0.4, 0.5) is 10.1 Å². The van der Waals surface area contributed by atoms with E-state index in [0.29, 0.717) is 22.9 Å². The van der Waals surface area contributed by atoms with Crippen molar-refractivity contribution >= 4 is 29.4 Å². The van der Waals surface area contributed by atoms with Crippen molar-refractivity contribution in [1.82, 2.24) is 0 Å². The molecule has 0 aromatic heterocycles. The van der Waals surface area contributed by atoms with E-state index in [1.165, 1.54) is 29.6 Å². The molecule has 1 amide bonds. The Labute approximate surface area is 175 Å². The number of nitrogens with one attached hydrogen (secondary N) is 1. The number of carbonyl (C=O) groups is 1. The molecular formula is C23H26FN2O2S+. The van der Waals surface area contributed by atoms with Crippen molar-refractivity contribution in [3.63, 3.8) is 0 Å². The Morgan fingerprint density at radius 1 is 1.24 bits per heavy atom. The molecule has 2 aromatic rings. The molecule has 0 radical (unpaired) electrons. The Morgan fingerprint density at radius 2 is 2.03 bits per heavy atom. The van der Waals surface area contributed by atoms with Gasteiger partial charge in [0.1, 0.15) is 24.7 Å². The van der Waals surface area contributed by atoms with E-state index < -0.39 is 5.82 Å². The molecule has 0 bridgehead atoms. The summed E-state index contributed by atoms with van der Waals surface area (Å²) in [6, 6.07) is 13.3. The smallest absolute Gasteiger partial charge is 0.255 e. The van der Waals surface area contributed by atoms with Crippen molar-refractivity contribution in [2.24, 2.45) is 0 Å². The van der Waals surface area contributed by atoms with E-state index in [1.807, 2.05) is 23.9 Å². The molecule has 1 N–H and O–H groups in total. The van der Waals surface area contributed by atoms with Gasteiger partial charge in [0, 0.05) is 23.4 Å². The fraction of sp³-hybridized carbons (Fsp3) is 0.348. The first-order valence-electron chi connectivity index (χ1n) is 9.85. The number of amides is 1. The number of hydrogen-bond donors (Lipinski definition) is 1. The zero-order chi connectivity index (χ0) is 20.4. The second-order valence-electron chi connectivity index (χ2n) is 8.22. The molecule has 1 atom stereocenters. The fourth-order valence-electron chi connectivity index (χ4n) is 3.86. The van der Waals surface area contributed by atoms with Crippen molar-refractivity contribution in [2.75, 3.05) is 37.5 Å². The van der Waals surface area contributed by atoms with Gasteiger partial charge in [-0.25, -0.2) is 4.39 Å².